The zero-order valence-electron chi connectivity index (χ0n) is 12.6. The van der Waals surface area contributed by atoms with Crippen molar-refractivity contribution in [1.29, 1.82) is 0 Å². The van der Waals surface area contributed by atoms with E-state index in [0.717, 1.165) is 19.4 Å². The molecule has 1 aromatic heterocycles. The van der Waals surface area contributed by atoms with Gasteiger partial charge in [0.2, 0.25) is 0 Å². The van der Waals surface area contributed by atoms with Crippen molar-refractivity contribution < 1.29 is 9.90 Å². The first-order valence-electron chi connectivity index (χ1n) is 7.27. The van der Waals surface area contributed by atoms with Crippen LogP contribution < -0.4 is 4.90 Å². The molecule has 0 aliphatic carbocycles. The molecule has 110 valence electrons. The van der Waals surface area contributed by atoms with Gasteiger partial charge in [0.15, 0.2) is 5.69 Å². The molecule has 2 rings (SSSR count). The summed E-state index contributed by atoms with van der Waals surface area (Å²) in [5, 5.41) is 9.42. The number of hydrogen-bond acceptors (Lipinski definition) is 4. The van der Waals surface area contributed by atoms with Crippen LogP contribution in [0.4, 0.5) is 5.69 Å². The Bertz CT molecular complexity index is 502. The van der Waals surface area contributed by atoms with Crippen LogP contribution >= 0.6 is 0 Å². The van der Waals surface area contributed by atoms with Crippen LogP contribution in [-0.2, 0) is 0 Å². The van der Waals surface area contributed by atoms with Gasteiger partial charge in [-0.3, -0.25) is 0 Å². The first-order valence-corrected chi connectivity index (χ1v) is 7.27. The molecule has 0 radical (unpaired) electrons. The third-order valence-electron chi connectivity index (χ3n) is 3.95. The van der Waals surface area contributed by atoms with Crippen molar-refractivity contribution in [3.63, 3.8) is 0 Å². The summed E-state index contributed by atoms with van der Waals surface area (Å²) in [5.74, 6) is 0.422. The summed E-state index contributed by atoms with van der Waals surface area (Å²) in [5.41, 5.74) is 0.784. The van der Waals surface area contributed by atoms with Crippen LogP contribution in [0.15, 0.2) is 6.20 Å². The molecule has 0 spiro atoms. The average Bonchev–Trinajstić information content (AvgIpc) is 2.38. The molecule has 2 atom stereocenters. The lowest BCUT2D eigenvalue weighted by atomic mass is 9.93. The molecule has 20 heavy (non-hydrogen) atoms. The molecule has 1 aromatic rings. The molecule has 5 heteroatoms. The van der Waals surface area contributed by atoms with E-state index in [0.29, 0.717) is 23.5 Å². The number of hydrogen-bond donors (Lipinski definition) is 1. The Labute approximate surface area is 120 Å². The van der Waals surface area contributed by atoms with Gasteiger partial charge in [0.25, 0.3) is 0 Å². The Kier molecular flexibility index (Phi) is 4.26. The number of carboxylic acids is 1. The monoisotopic (exact) mass is 277 g/mol. The molecule has 2 unspecified atom stereocenters. The molecule has 0 amide bonds. The summed E-state index contributed by atoms with van der Waals surface area (Å²) in [6.45, 7) is 9.17. The molecule has 1 aliphatic rings. The summed E-state index contributed by atoms with van der Waals surface area (Å²) in [7, 11) is 0. The number of aromatic carboxylic acids is 1. The Hall–Kier alpha value is -1.65. The van der Waals surface area contributed by atoms with Crippen LogP contribution in [0, 0.1) is 5.92 Å². The Morgan fingerprint density at radius 3 is 2.70 bits per heavy atom. The largest absolute Gasteiger partial charge is 0.476 e. The Balaban J connectivity index is 2.38. The van der Waals surface area contributed by atoms with Crippen molar-refractivity contribution >= 4 is 11.7 Å². The fourth-order valence-corrected chi connectivity index (χ4v) is 2.80. The number of carboxylic acid groups (broad SMARTS) is 1. The van der Waals surface area contributed by atoms with Gasteiger partial charge in [-0.05, 0) is 25.7 Å². The minimum absolute atomic E-state index is 0.126. The smallest absolute Gasteiger partial charge is 0.356 e. The zero-order valence-corrected chi connectivity index (χ0v) is 12.6. The van der Waals surface area contributed by atoms with Gasteiger partial charge in [-0.15, -0.1) is 0 Å². The van der Waals surface area contributed by atoms with Crippen molar-refractivity contribution in [2.75, 3.05) is 11.4 Å². The first kappa shape index (κ1) is 14.8. The zero-order chi connectivity index (χ0) is 14.9. The molecule has 1 saturated heterocycles. The predicted octanol–water partition coefficient (Wildman–Crippen LogP) is 2.92. The normalized spacial score (nSPS) is 23.1. The minimum Gasteiger partial charge on any atom is -0.476 e. The predicted molar refractivity (Wildman–Crippen MR) is 78.3 cm³/mol. The molecule has 0 bridgehead atoms. The van der Waals surface area contributed by atoms with Crippen molar-refractivity contribution in [2.24, 2.45) is 5.92 Å². The quantitative estimate of drug-likeness (QED) is 0.920. The van der Waals surface area contributed by atoms with Gasteiger partial charge < -0.3 is 10.0 Å². The van der Waals surface area contributed by atoms with Gasteiger partial charge in [-0.2, -0.15) is 0 Å². The topological polar surface area (TPSA) is 66.3 Å². The fraction of sp³-hybridized carbons (Fsp3) is 0.667. The number of nitrogens with zero attached hydrogens (tertiary/aromatic N) is 3. The lowest BCUT2D eigenvalue weighted by Crippen LogP contribution is -2.41. The minimum atomic E-state index is -0.977. The van der Waals surface area contributed by atoms with Crippen molar-refractivity contribution in [2.45, 2.75) is 52.5 Å². The summed E-state index contributed by atoms with van der Waals surface area (Å²) in [4.78, 5) is 22.2. The second-order valence-electron chi connectivity index (χ2n) is 6.09. The van der Waals surface area contributed by atoms with E-state index in [4.69, 9.17) is 0 Å². The fourth-order valence-electron chi connectivity index (χ4n) is 2.80. The number of anilines is 1. The van der Waals surface area contributed by atoms with E-state index in [2.05, 4.69) is 28.7 Å². The Morgan fingerprint density at radius 1 is 1.45 bits per heavy atom. The molecule has 0 aromatic carbocycles. The first-order chi connectivity index (χ1) is 9.40. The highest BCUT2D eigenvalue weighted by molar-refractivity contribution is 5.92. The van der Waals surface area contributed by atoms with E-state index >= 15 is 0 Å². The third-order valence-corrected chi connectivity index (χ3v) is 3.95. The van der Waals surface area contributed by atoms with Gasteiger partial charge in [-0.1, -0.05) is 20.8 Å². The van der Waals surface area contributed by atoms with E-state index in [-0.39, 0.29) is 11.6 Å². The van der Waals surface area contributed by atoms with E-state index in [1.165, 1.54) is 0 Å². The standard InChI is InChI=1S/C15H23N3O2/c1-9(2)14-16-8-12(13(17-14)15(19)20)18-6-5-10(3)7-11(18)4/h8-11H,5-7H2,1-4H3,(H,19,20). The van der Waals surface area contributed by atoms with E-state index in [1.807, 2.05) is 13.8 Å². The average molecular weight is 277 g/mol. The maximum Gasteiger partial charge on any atom is 0.356 e. The van der Waals surface area contributed by atoms with Crippen molar-refractivity contribution in [3.8, 4) is 0 Å². The number of aromatic nitrogens is 2. The van der Waals surface area contributed by atoms with Gasteiger partial charge in [-0.25, -0.2) is 14.8 Å². The Morgan fingerprint density at radius 2 is 2.15 bits per heavy atom. The molecule has 1 fully saturated rings. The second-order valence-corrected chi connectivity index (χ2v) is 6.09. The molecule has 2 heterocycles. The molecule has 0 saturated carbocycles. The number of rotatable bonds is 3. The lowest BCUT2D eigenvalue weighted by Gasteiger charge is -2.38. The SMILES string of the molecule is CC1CCN(c2cnc(C(C)C)nc2C(=O)O)C(C)C1. The van der Waals surface area contributed by atoms with Crippen LogP contribution in [0.5, 0.6) is 0 Å². The van der Waals surface area contributed by atoms with E-state index < -0.39 is 5.97 Å². The van der Waals surface area contributed by atoms with Gasteiger partial charge in [0.05, 0.1) is 11.9 Å². The third kappa shape index (κ3) is 2.92. The number of piperidine rings is 1. The van der Waals surface area contributed by atoms with Crippen LogP contribution in [0.2, 0.25) is 0 Å². The summed E-state index contributed by atoms with van der Waals surface area (Å²) < 4.78 is 0. The van der Waals surface area contributed by atoms with Crippen molar-refractivity contribution in [3.05, 3.63) is 17.7 Å². The highest BCUT2D eigenvalue weighted by Gasteiger charge is 2.27. The maximum atomic E-state index is 11.5. The van der Waals surface area contributed by atoms with Crippen molar-refractivity contribution in [1.82, 2.24) is 9.97 Å². The molecule has 1 aliphatic heterocycles. The molecular formula is C15H23N3O2. The van der Waals surface area contributed by atoms with Crippen LogP contribution in [0.1, 0.15) is 62.8 Å². The number of carbonyl (C=O) groups is 1. The van der Waals surface area contributed by atoms with Gasteiger partial charge in [0.1, 0.15) is 5.82 Å². The highest BCUT2D eigenvalue weighted by atomic mass is 16.4. The molecule has 1 N–H and O–H groups in total. The maximum absolute atomic E-state index is 11.5. The van der Waals surface area contributed by atoms with E-state index in [9.17, 15) is 9.90 Å². The summed E-state index contributed by atoms with van der Waals surface area (Å²) in [6, 6.07) is 0.324. The second kappa shape index (κ2) is 5.77. The summed E-state index contributed by atoms with van der Waals surface area (Å²) >= 11 is 0. The highest BCUT2D eigenvalue weighted by Crippen LogP contribution is 2.29. The van der Waals surface area contributed by atoms with Crippen LogP contribution in [0.25, 0.3) is 0 Å². The molecular weight excluding hydrogens is 254 g/mol. The van der Waals surface area contributed by atoms with Gasteiger partial charge in [0, 0.05) is 18.5 Å². The lowest BCUT2D eigenvalue weighted by molar-refractivity contribution is 0.0690. The molecule has 5 nitrogen and oxygen atoms in total. The summed E-state index contributed by atoms with van der Waals surface area (Å²) in [6.07, 6.45) is 3.83. The van der Waals surface area contributed by atoms with Crippen LogP contribution in [0.3, 0.4) is 0 Å². The van der Waals surface area contributed by atoms with Crippen LogP contribution in [-0.4, -0.2) is 33.6 Å². The van der Waals surface area contributed by atoms with E-state index in [1.54, 1.807) is 6.20 Å². The van der Waals surface area contributed by atoms with Gasteiger partial charge >= 0.3 is 5.97 Å².